The zero-order valence-corrected chi connectivity index (χ0v) is 19.3. The molecule has 0 fully saturated rings. The van der Waals surface area contributed by atoms with E-state index in [9.17, 15) is 19.7 Å². The maximum absolute atomic E-state index is 13.3. The number of benzene rings is 3. The number of amides is 1. The molecule has 11 heteroatoms. The number of fused-ring (bicyclic) bond motifs is 1. The van der Waals surface area contributed by atoms with Crippen molar-refractivity contribution < 1.29 is 14.5 Å². The third kappa shape index (κ3) is 4.87. The van der Waals surface area contributed by atoms with Gasteiger partial charge in [-0.1, -0.05) is 41.6 Å². The lowest BCUT2D eigenvalue weighted by atomic mass is 10.2. The molecule has 0 spiro atoms. The van der Waals surface area contributed by atoms with Crippen molar-refractivity contribution in [2.45, 2.75) is 5.16 Å². The molecule has 4 aromatic rings. The van der Waals surface area contributed by atoms with Crippen LogP contribution in [0.2, 0.25) is 5.02 Å². The topological polar surface area (TPSA) is 116 Å². The highest BCUT2D eigenvalue weighted by atomic mass is 35.5. The van der Waals surface area contributed by atoms with Crippen LogP contribution in [0.1, 0.15) is 0 Å². The molecule has 1 heterocycles. The number of non-ortho nitro benzene ring substituents is 1. The summed E-state index contributed by atoms with van der Waals surface area (Å²) in [6, 6.07) is 17.6. The lowest BCUT2D eigenvalue weighted by Crippen LogP contribution is -2.23. The van der Waals surface area contributed by atoms with E-state index in [2.05, 4.69) is 10.3 Å². The number of rotatable bonds is 7. The standard InChI is InChI=1S/C23H17ClN4O5S/c1-33-20-12-16(28(31)32)9-10-19(20)25-21(29)13-34-23-26-18-8-3-2-7-17(18)22(30)27(23)15-6-4-5-14(24)11-15/h2-12H,13H2,1H3,(H,25,29). The number of thioether (sulfide) groups is 1. The summed E-state index contributed by atoms with van der Waals surface area (Å²) in [6.45, 7) is 0. The van der Waals surface area contributed by atoms with Crippen molar-refractivity contribution in [1.82, 2.24) is 9.55 Å². The minimum Gasteiger partial charge on any atom is -0.494 e. The quantitative estimate of drug-likeness (QED) is 0.171. The normalized spacial score (nSPS) is 10.8. The van der Waals surface area contributed by atoms with Gasteiger partial charge >= 0.3 is 0 Å². The average molecular weight is 497 g/mol. The number of nitro benzene ring substituents is 1. The zero-order chi connectivity index (χ0) is 24.2. The molecule has 0 bridgehead atoms. The molecule has 0 saturated heterocycles. The molecule has 0 unspecified atom stereocenters. The van der Waals surface area contributed by atoms with E-state index in [1.54, 1.807) is 48.5 Å². The molecule has 172 valence electrons. The van der Waals surface area contributed by atoms with Crippen LogP contribution in [0.4, 0.5) is 11.4 Å². The second-order valence-electron chi connectivity index (χ2n) is 7.01. The Labute approximate surface area is 202 Å². The number of anilines is 1. The Morgan fingerprint density at radius 2 is 1.97 bits per heavy atom. The fourth-order valence-electron chi connectivity index (χ4n) is 3.27. The molecule has 1 amide bonds. The highest BCUT2D eigenvalue weighted by Gasteiger charge is 2.17. The summed E-state index contributed by atoms with van der Waals surface area (Å²) in [5.74, 6) is -0.324. The van der Waals surface area contributed by atoms with Gasteiger partial charge in [-0.15, -0.1) is 0 Å². The van der Waals surface area contributed by atoms with Crippen LogP contribution in [0.5, 0.6) is 5.75 Å². The first kappa shape index (κ1) is 23.3. The lowest BCUT2D eigenvalue weighted by molar-refractivity contribution is -0.384. The number of nitro groups is 1. The summed E-state index contributed by atoms with van der Waals surface area (Å²) < 4.78 is 6.57. The summed E-state index contributed by atoms with van der Waals surface area (Å²) >= 11 is 7.21. The highest BCUT2D eigenvalue weighted by molar-refractivity contribution is 7.99. The molecule has 0 aliphatic carbocycles. The highest BCUT2D eigenvalue weighted by Crippen LogP contribution is 2.29. The number of methoxy groups -OCH3 is 1. The monoisotopic (exact) mass is 496 g/mol. The summed E-state index contributed by atoms with van der Waals surface area (Å²) in [4.78, 5) is 40.9. The van der Waals surface area contributed by atoms with E-state index >= 15 is 0 Å². The number of ether oxygens (including phenoxy) is 1. The van der Waals surface area contributed by atoms with Gasteiger partial charge in [-0.3, -0.25) is 24.3 Å². The number of halogens is 1. The largest absolute Gasteiger partial charge is 0.494 e. The Balaban J connectivity index is 1.63. The number of carbonyl (C=O) groups excluding carboxylic acids is 1. The first-order chi connectivity index (χ1) is 16.4. The number of nitrogens with zero attached hydrogens (tertiary/aromatic N) is 3. The summed E-state index contributed by atoms with van der Waals surface area (Å²) in [5, 5.41) is 14.9. The Morgan fingerprint density at radius 3 is 2.71 bits per heavy atom. The number of carbonyl (C=O) groups is 1. The van der Waals surface area contributed by atoms with E-state index in [1.165, 1.54) is 29.9 Å². The van der Waals surface area contributed by atoms with Crippen molar-refractivity contribution in [2.75, 3.05) is 18.2 Å². The fourth-order valence-corrected chi connectivity index (χ4v) is 4.26. The van der Waals surface area contributed by atoms with Gasteiger partial charge in [0, 0.05) is 11.1 Å². The molecule has 0 saturated carbocycles. The van der Waals surface area contributed by atoms with Gasteiger partial charge in [-0.25, -0.2) is 4.98 Å². The maximum Gasteiger partial charge on any atom is 0.273 e. The molecule has 0 radical (unpaired) electrons. The molecule has 9 nitrogen and oxygen atoms in total. The van der Waals surface area contributed by atoms with Gasteiger partial charge in [0.15, 0.2) is 5.16 Å². The molecule has 34 heavy (non-hydrogen) atoms. The second kappa shape index (κ2) is 9.94. The number of aromatic nitrogens is 2. The number of nitrogens with one attached hydrogen (secondary N) is 1. The van der Waals surface area contributed by atoms with Gasteiger partial charge in [0.2, 0.25) is 5.91 Å². The van der Waals surface area contributed by atoms with Gasteiger partial charge in [0.25, 0.3) is 11.2 Å². The van der Waals surface area contributed by atoms with Crippen LogP contribution in [0.15, 0.2) is 76.7 Å². The molecule has 0 aliphatic rings. The van der Waals surface area contributed by atoms with E-state index in [-0.39, 0.29) is 28.4 Å². The molecule has 0 aliphatic heterocycles. The van der Waals surface area contributed by atoms with Crippen molar-refractivity contribution in [2.24, 2.45) is 0 Å². The number of hydrogen-bond acceptors (Lipinski definition) is 7. The Hall–Kier alpha value is -3.89. The number of para-hydroxylation sites is 1. The van der Waals surface area contributed by atoms with Crippen LogP contribution in [0.3, 0.4) is 0 Å². The summed E-state index contributed by atoms with van der Waals surface area (Å²) in [6.07, 6.45) is 0. The minimum absolute atomic E-state index is 0.0779. The first-order valence-electron chi connectivity index (χ1n) is 9.90. The molecule has 1 N–H and O–H groups in total. The van der Waals surface area contributed by atoms with Crippen molar-refractivity contribution in [3.63, 3.8) is 0 Å². The van der Waals surface area contributed by atoms with Crippen LogP contribution in [-0.2, 0) is 4.79 Å². The van der Waals surface area contributed by atoms with E-state index in [1.807, 2.05) is 0 Å². The second-order valence-corrected chi connectivity index (χ2v) is 8.39. The van der Waals surface area contributed by atoms with Crippen LogP contribution >= 0.6 is 23.4 Å². The van der Waals surface area contributed by atoms with Gasteiger partial charge < -0.3 is 10.1 Å². The van der Waals surface area contributed by atoms with Gasteiger partial charge in [-0.2, -0.15) is 0 Å². The minimum atomic E-state index is -0.551. The summed E-state index contributed by atoms with van der Waals surface area (Å²) in [7, 11) is 1.35. The average Bonchev–Trinajstić information content (AvgIpc) is 2.83. The van der Waals surface area contributed by atoms with E-state index in [4.69, 9.17) is 16.3 Å². The third-order valence-electron chi connectivity index (χ3n) is 4.81. The van der Waals surface area contributed by atoms with E-state index in [0.29, 0.717) is 26.8 Å². The predicted octanol–water partition coefficient (Wildman–Crippen LogP) is 4.69. The number of hydrogen-bond donors (Lipinski definition) is 1. The third-order valence-corrected chi connectivity index (χ3v) is 5.99. The van der Waals surface area contributed by atoms with E-state index in [0.717, 1.165) is 11.8 Å². The lowest BCUT2D eigenvalue weighted by Gasteiger charge is -2.14. The summed E-state index contributed by atoms with van der Waals surface area (Å²) in [5.41, 5.74) is 0.877. The van der Waals surface area contributed by atoms with Crippen molar-refractivity contribution in [3.05, 3.63) is 92.2 Å². The first-order valence-corrected chi connectivity index (χ1v) is 11.3. The molecular formula is C23H17ClN4O5S. The van der Waals surface area contributed by atoms with Crippen LogP contribution < -0.4 is 15.6 Å². The molecule has 3 aromatic carbocycles. The zero-order valence-electron chi connectivity index (χ0n) is 17.7. The molecule has 1 aromatic heterocycles. The van der Waals surface area contributed by atoms with Crippen LogP contribution in [0, 0.1) is 10.1 Å². The van der Waals surface area contributed by atoms with Gasteiger partial charge in [0.05, 0.1) is 46.1 Å². The fraction of sp³-hybridized carbons (Fsp3) is 0.0870. The molecular weight excluding hydrogens is 480 g/mol. The van der Waals surface area contributed by atoms with E-state index < -0.39 is 10.8 Å². The van der Waals surface area contributed by atoms with Gasteiger partial charge in [0.1, 0.15) is 5.75 Å². The maximum atomic E-state index is 13.3. The Bertz CT molecular complexity index is 1470. The van der Waals surface area contributed by atoms with Crippen molar-refractivity contribution >= 4 is 51.5 Å². The predicted molar refractivity (Wildman–Crippen MR) is 131 cm³/mol. The Morgan fingerprint density at radius 1 is 1.18 bits per heavy atom. The van der Waals surface area contributed by atoms with Crippen LogP contribution in [0.25, 0.3) is 16.6 Å². The Kier molecular flexibility index (Phi) is 6.80. The smallest absolute Gasteiger partial charge is 0.273 e. The van der Waals surface area contributed by atoms with Crippen molar-refractivity contribution in [1.29, 1.82) is 0 Å². The molecule has 4 rings (SSSR count). The van der Waals surface area contributed by atoms with Crippen molar-refractivity contribution in [3.8, 4) is 11.4 Å². The van der Waals surface area contributed by atoms with Crippen LogP contribution in [-0.4, -0.2) is 33.2 Å². The van der Waals surface area contributed by atoms with Gasteiger partial charge in [-0.05, 0) is 36.4 Å². The molecule has 0 atom stereocenters. The SMILES string of the molecule is COc1cc([N+](=O)[O-])ccc1NC(=O)CSc1nc2ccccc2c(=O)n1-c1cccc(Cl)c1.